The molecule has 0 N–H and O–H groups in total. The van der Waals surface area contributed by atoms with Gasteiger partial charge in [-0.1, -0.05) is 200 Å². The third-order valence-corrected chi connectivity index (χ3v) is 20.0. The van der Waals surface area contributed by atoms with Crippen molar-refractivity contribution in [3.8, 4) is 22.3 Å². The van der Waals surface area contributed by atoms with Gasteiger partial charge in [0.15, 0.2) is 14.3 Å². The van der Waals surface area contributed by atoms with Crippen molar-refractivity contribution in [2.24, 2.45) is 0 Å². The first-order valence-electron chi connectivity index (χ1n) is 23.2. The standard InChI is InChI=1S/C63H42N2O2P2/c66-68(51-15-5-1-6-16-51,52-17-7-2-8-18-52)55-33-29-45-37-43(25-27-47(45)39-55)49-31-35-57-58-41-50(32-36-61(58)65-62-24-14-13-23-60(62)64-63(65)59(57)42-49)44-26-28-48-40-56(34-30-46(48)38-44)69(67,53-19-9-3-10-20-53)54-21-11-4-12-22-54/h1-42H. The summed E-state index contributed by atoms with van der Waals surface area (Å²) >= 11 is 0. The third kappa shape index (κ3) is 6.71. The van der Waals surface area contributed by atoms with Crippen molar-refractivity contribution in [3.63, 3.8) is 0 Å². The second kappa shape index (κ2) is 16.3. The van der Waals surface area contributed by atoms with Crippen LogP contribution >= 0.6 is 14.3 Å². The van der Waals surface area contributed by atoms with Gasteiger partial charge in [-0.2, -0.15) is 0 Å². The Bertz CT molecular complexity index is 4160. The summed E-state index contributed by atoms with van der Waals surface area (Å²) in [6.45, 7) is 0. The van der Waals surface area contributed by atoms with Gasteiger partial charge in [0, 0.05) is 42.6 Å². The summed E-state index contributed by atoms with van der Waals surface area (Å²) < 4.78 is 32.7. The summed E-state index contributed by atoms with van der Waals surface area (Å²) in [4.78, 5) is 5.25. The topological polar surface area (TPSA) is 51.4 Å². The summed E-state index contributed by atoms with van der Waals surface area (Å²) in [6, 6.07) is 86.9. The Morgan fingerprint density at radius 3 is 1.19 bits per heavy atom. The third-order valence-electron chi connectivity index (χ3n) is 13.9. The number of aromatic nitrogens is 2. The zero-order valence-electron chi connectivity index (χ0n) is 37.4. The van der Waals surface area contributed by atoms with Crippen molar-refractivity contribution >= 4 is 106 Å². The van der Waals surface area contributed by atoms with E-state index in [0.717, 1.165) is 114 Å². The lowest BCUT2D eigenvalue weighted by molar-refractivity contribution is 0.591. The molecule has 2 aromatic heterocycles. The van der Waals surface area contributed by atoms with Crippen LogP contribution in [0.2, 0.25) is 0 Å². The Morgan fingerprint density at radius 2 is 0.681 bits per heavy atom. The SMILES string of the molecule is O=P(c1ccccc1)(c1ccccc1)c1ccc2cc(-c3ccc4c(c3)c3ccc(-c5ccc6cc(P(=O)(c7ccccc7)c7ccccc7)ccc6c5)cc3c3nc5ccccc5n43)ccc2c1. The zero-order valence-corrected chi connectivity index (χ0v) is 39.1. The van der Waals surface area contributed by atoms with Crippen LogP contribution in [0, 0.1) is 0 Å². The van der Waals surface area contributed by atoms with E-state index in [4.69, 9.17) is 4.98 Å². The van der Waals surface area contributed by atoms with Crippen LogP contribution in [0.5, 0.6) is 0 Å². The highest BCUT2D eigenvalue weighted by Gasteiger charge is 2.31. The van der Waals surface area contributed by atoms with Crippen molar-refractivity contribution in [2.45, 2.75) is 0 Å². The smallest absolute Gasteiger partial charge is 0.171 e. The zero-order chi connectivity index (χ0) is 46.1. The fourth-order valence-corrected chi connectivity index (χ4v) is 15.8. The van der Waals surface area contributed by atoms with E-state index in [1.807, 2.05) is 140 Å². The molecular weight excluding hydrogens is 879 g/mol. The molecule has 0 spiro atoms. The van der Waals surface area contributed by atoms with Crippen LogP contribution in [0.1, 0.15) is 0 Å². The summed E-state index contributed by atoms with van der Waals surface area (Å²) in [6.07, 6.45) is 0. The molecule has 0 unspecified atom stereocenters. The lowest BCUT2D eigenvalue weighted by Crippen LogP contribution is -2.24. The van der Waals surface area contributed by atoms with Gasteiger partial charge in [-0.3, -0.25) is 4.40 Å². The van der Waals surface area contributed by atoms with Gasteiger partial charge >= 0.3 is 0 Å². The number of para-hydroxylation sites is 2. The minimum absolute atomic E-state index is 0.817. The lowest BCUT2D eigenvalue weighted by Gasteiger charge is -2.20. The predicted molar refractivity (Wildman–Crippen MR) is 292 cm³/mol. The molecule has 326 valence electrons. The lowest BCUT2D eigenvalue weighted by atomic mass is 9.95. The van der Waals surface area contributed by atoms with Gasteiger partial charge in [-0.15, -0.1) is 0 Å². The molecule has 0 aliphatic rings. The average molecular weight is 921 g/mol. The molecule has 0 bridgehead atoms. The van der Waals surface area contributed by atoms with E-state index in [-0.39, 0.29) is 0 Å². The second-order valence-corrected chi connectivity index (χ2v) is 23.3. The molecule has 0 amide bonds. The Kier molecular flexibility index (Phi) is 9.70. The maximum absolute atomic E-state index is 15.2. The van der Waals surface area contributed by atoms with Crippen LogP contribution in [0.15, 0.2) is 255 Å². The first-order valence-corrected chi connectivity index (χ1v) is 26.6. The highest BCUT2D eigenvalue weighted by atomic mass is 31.2. The molecule has 0 saturated heterocycles. The summed E-state index contributed by atoms with van der Waals surface area (Å²) in [5, 5.41) is 12.5. The van der Waals surface area contributed by atoms with Crippen molar-refractivity contribution in [1.29, 1.82) is 0 Å². The van der Waals surface area contributed by atoms with Crippen LogP contribution in [0.4, 0.5) is 0 Å². The highest BCUT2D eigenvalue weighted by molar-refractivity contribution is 7.85. The summed E-state index contributed by atoms with van der Waals surface area (Å²) in [5.74, 6) is 0. The Hall–Kier alpha value is -8.13. The number of benzene rings is 11. The fourth-order valence-electron chi connectivity index (χ4n) is 10.4. The van der Waals surface area contributed by atoms with E-state index in [1.165, 1.54) is 0 Å². The van der Waals surface area contributed by atoms with Crippen LogP contribution in [-0.4, -0.2) is 9.38 Å². The van der Waals surface area contributed by atoms with Gasteiger partial charge < -0.3 is 9.13 Å². The van der Waals surface area contributed by atoms with E-state index in [2.05, 4.69) is 120 Å². The van der Waals surface area contributed by atoms with Crippen molar-refractivity contribution in [3.05, 3.63) is 255 Å². The number of imidazole rings is 1. The van der Waals surface area contributed by atoms with Gasteiger partial charge in [-0.25, -0.2) is 4.98 Å². The number of hydrogen-bond donors (Lipinski definition) is 0. The average Bonchev–Trinajstić information content (AvgIpc) is 3.83. The van der Waals surface area contributed by atoms with E-state index in [0.29, 0.717) is 0 Å². The molecule has 13 aromatic rings. The number of nitrogens with zero attached hydrogens (tertiary/aromatic N) is 2. The van der Waals surface area contributed by atoms with E-state index >= 15 is 9.13 Å². The van der Waals surface area contributed by atoms with Crippen molar-refractivity contribution < 1.29 is 9.13 Å². The molecule has 6 heteroatoms. The number of pyridine rings is 1. The monoisotopic (exact) mass is 920 g/mol. The van der Waals surface area contributed by atoms with Crippen LogP contribution < -0.4 is 31.8 Å². The van der Waals surface area contributed by atoms with E-state index < -0.39 is 14.3 Å². The molecule has 0 saturated carbocycles. The molecule has 0 aliphatic carbocycles. The maximum Gasteiger partial charge on any atom is 0.171 e. The number of hydrogen-bond acceptors (Lipinski definition) is 3. The van der Waals surface area contributed by atoms with E-state index in [1.54, 1.807) is 0 Å². The van der Waals surface area contributed by atoms with Crippen LogP contribution in [-0.2, 0) is 9.13 Å². The number of fused-ring (bicyclic) bond motifs is 10. The molecule has 13 rings (SSSR count). The summed E-state index contributed by atoms with van der Waals surface area (Å²) in [7, 11) is -6.23. The van der Waals surface area contributed by atoms with Gasteiger partial charge in [0.2, 0.25) is 0 Å². The molecule has 69 heavy (non-hydrogen) atoms. The molecule has 4 nitrogen and oxygen atoms in total. The Morgan fingerprint density at radius 1 is 0.290 bits per heavy atom. The predicted octanol–water partition coefficient (Wildman–Crippen LogP) is 13.7. The number of rotatable bonds is 8. The maximum atomic E-state index is 15.2. The van der Waals surface area contributed by atoms with Gasteiger partial charge in [0.1, 0.15) is 5.65 Å². The van der Waals surface area contributed by atoms with Gasteiger partial charge in [0.05, 0.1) is 16.6 Å². The molecule has 0 radical (unpaired) electrons. The Balaban J connectivity index is 0.912. The largest absolute Gasteiger partial charge is 0.309 e. The van der Waals surface area contributed by atoms with Crippen LogP contribution in [0.25, 0.3) is 82.2 Å². The van der Waals surface area contributed by atoms with Crippen molar-refractivity contribution in [2.75, 3.05) is 0 Å². The molecule has 0 atom stereocenters. The molecule has 11 aromatic carbocycles. The molecular formula is C63H42N2O2P2. The normalized spacial score (nSPS) is 12.2. The van der Waals surface area contributed by atoms with Crippen molar-refractivity contribution in [1.82, 2.24) is 9.38 Å². The van der Waals surface area contributed by atoms with Gasteiger partial charge in [-0.05, 0) is 104 Å². The quantitative estimate of drug-likeness (QED) is 0.113. The first kappa shape index (κ1) is 41.1. The summed E-state index contributed by atoms with van der Waals surface area (Å²) in [5.41, 5.74) is 8.43. The highest BCUT2D eigenvalue weighted by Crippen LogP contribution is 2.45. The second-order valence-electron chi connectivity index (χ2n) is 17.8. The van der Waals surface area contributed by atoms with E-state index in [9.17, 15) is 0 Å². The minimum Gasteiger partial charge on any atom is -0.309 e. The van der Waals surface area contributed by atoms with Crippen LogP contribution in [0.3, 0.4) is 0 Å². The first-order chi connectivity index (χ1) is 33.9. The minimum atomic E-state index is -3.12. The molecule has 0 fully saturated rings. The van der Waals surface area contributed by atoms with Gasteiger partial charge in [0.25, 0.3) is 0 Å². The molecule has 0 aliphatic heterocycles. The molecule has 2 heterocycles. The Labute approximate surface area is 399 Å². The fraction of sp³-hybridized carbons (Fsp3) is 0.